The third-order valence-corrected chi connectivity index (χ3v) is 8.40. The van der Waals surface area contributed by atoms with Crippen molar-refractivity contribution in [2.24, 2.45) is 5.41 Å². The van der Waals surface area contributed by atoms with Crippen molar-refractivity contribution in [2.75, 3.05) is 32.7 Å². The number of hydrogen-bond donors (Lipinski definition) is 2. The van der Waals surface area contributed by atoms with Gasteiger partial charge in [-0.3, -0.25) is 29.1 Å². The van der Waals surface area contributed by atoms with Crippen LogP contribution in [0.4, 0.5) is 5.82 Å². The van der Waals surface area contributed by atoms with Gasteiger partial charge in [-0.05, 0) is 78.0 Å². The fourth-order valence-corrected chi connectivity index (χ4v) is 5.61. The molecule has 15 heteroatoms. The molecule has 0 saturated carbocycles. The SMILES string of the molecule is C=CC(=O)OCC(C)(C)C(=O)C(O)N1CCCC[C@H]1C(=O)O[C@H](CCc1ccc(OC)c(OC)c1)c1cncc(NC(=O)CCC(=O)OC(C)(C)C)n1. The number of aryl methyl sites for hydroxylation is 1. The Morgan fingerprint density at radius 3 is 2.42 bits per heavy atom. The molecule has 0 spiro atoms. The Balaban J connectivity index is 1.84. The molecule has 290 valence electrons. The maximum Gasteiger partial charge on any atom is 0.330 e. The molecule has 2 aromatic rings. The van der Waals surface area contributed by atoms with Gasteiger partial charge in [0.15, 0.2) is 29.3 Å². The van der Waals surface area contributed by atoms with Crippen LogP contribution < -0.4 is 14.8 Å². The second-order valence-corrected chi connectivity index (χ2v) is 14.3. The molecular formula is C38H52N4O11. The first-order valence-corrected chi connectivity index (χ1v) is 17.5. The van der Waals surface area contributed by atoms with Gasteiger partial charge < -0.3 is 34.1 Å². The summed E-state index contributed by atoms with van der Waals surface area (Å²) in [5, 5.41) is 13.9. The topological polar surface area (TPSA) is 193 Å². The number of likely N-dealkylation sites (tertiary alicyclic amines) is 1. The highest BCUT2D eigenvalue weighted by Gasteiger charge is 2.43. The fraction of sp³-hybridized carbons (Fsp3) is 0.553. The average Bonchev–Trinajstić information content (AvgIpc) is 3.13. The van der Waals surface area contributed by atoms with Gasteiger partial charge in [0.1, 0.15) is 30.0 Å². The van der Waals surface area contributed by atoms with Gasteiger partial charge in [-0.2, -0.15) is 0 Å². The number of aliphatic hydroxyl groups is 1. The molecule has 1 aromatic heterocycles. The van der Waals surface area contributed by atoms with Crippen LogP contribution in [0.1, 0.15) is 90.5 Å². The number of nitrogens with one attached hydrogen (secondary N) is 1. The summed E-state index contributed by atoms with van der Waals surface area (Å²) in [6.07, 6.45) is 3.06. The number of aromatic nitrogens is 2. The van der Waals surface area contributed by atoms with E-state index in [9.17, 15) is 29.1 Å². The Hall–Kier alpha value is -4.89. The number of Topliss-reactive ketones (excluding diaryl/α,β-unsaturated/α-hetero) is 1. The lowest BCUT2D eigenvalue weighted by molar-refractivity contribution is -0.170. The zero-order valence-corrected chi connectivity index (χ0v) is 31.6. The van der Waals surface area contributed by atoms with Crippen molar-refractivity contribution in [2.45, 2.75) is 104 Å². The molecule has 53 heavy (non-hydrogen) atoms. The smallest absolute Gasteiger partial charge is 0.330 e. The number of hydrogen-bond acceptors (Lipinski definition) is 14. The molecule has 1 aromatic carbocycles. The van der Waals surface area contributed by atoms with E-state index in [1.54, 1.807) is 40.7 Å². The Labute approximate surface area is 310 Å². The zero-order chi connectivity index (χ0) is 39.3. The van der Waals surface area contributed by atoms with E-state index in [2.05, 4.69) is 21.9 Å². The highest BCUT2D eigenvalue weighted by atomic mass is 16.6. The van der Waals surface area contributed by atoms with Crippen LogP contribution in [0.15, 0.2) is 43.2 Å². The Morgan fingerprint density at radius 1 is 1.04 bits per heavy atom. The minimum Gasteiger partial charge on any atom is -0.493 e. The molecule has 0 bridgehead atoms. The van der Waals surface area contributed by atoms with E-state index in [0.29, 0.717) is 37.2 Å². The van der Waals surface area contributed by atoms with Crippen molar-refractivity contribution >= 4 is 35.4 Å². The van der Waals surface area contributed by atoms with Crippen molar-refractivity contribution < 1.29 is 52.8 Å². The number of anilines is 1. The average molecular weight is 741 g/mol. The lowest BCUT2D eigenvalue weighted by Crippen LogP contribution is -2.56. The van der Waals surface area contributed by atoms with Gasteiger partial charge >= 0.3 is 17.9 Å². The van der Waals surface area contributed by atoms with Crippen molar-refractivity contribution in [3.8, 4) is 11.5 Å². The van der Waals surface area contributed by atoms with E-state index in [0.717, 1.165) is 11.6 Å². The molecule has 15 nitrogen and oxygen atoms in total. The van der Waals surface area contributed by atoms with E-state index < -0.39 is 59.0 Å². The van der Waals surface area contributed by atoms with Crippen molar-refractivity contribution in [1.29, 1.82) is 0 Å². The molecular weight excluding hydrogens is 688 g/mol. The fourth-order valence-electron chi connectivity index (χ4n) is 5.61. The molecule has 1 fully saturated rings. The maximum atomic E-state index is 14.0. The number of aliphatic hydroxyl groups excluding tert-OH is 1. The zero-order valence-electron chi connectivity index (χ0n) is 31.6. The van der Waals surface area contributed by atoms with Gasteiger partial charge in [-0.25, -0.2) is 9.78 Å². The van der Waals surface area contributed by atoms with E-state index in [1.165, 1.54) is 31.5 Å². The molecule has 0 aliphatic carbocycles. The molecule has 1 aliphatic heterocycles. The number of rotatable bonds is 18. The number of esters is 3. The summed E-state index contributed by atoms with van der Waals surface area (Å²) in [5.74, 6) is -1.85. The summed E-state index contributed by atoms with van der Waals surface area (Å²) in [7, 11) is 3.06. The quantitative estimate of drug-likeness (QED) is 0.125. The largest absolute Gasteiger partial charge is 0.493 e. The van der Waals surface area contributed by atoms with E-state index in [-0.39, 0.29) is 43.9 Å². The number of methoxy groups -OCH3 is 2. The molecule has 1 saturated heterocycles. The molecule has 1 amide bonds. The summed E-state index contributed by atoms with van der Waals surface area (Å²) in [4.78, 5) is 74.0. The van der Waals surface area contributed by atoms with Gasteiger partial charge in [0.25, 0.3) is 0 Å². The van der Waals surface area contributed by atoms with Gasteiger partial charge in [-0.15, -0.1) is 0 Å². The standard InChI is InChI=1S/C38H52N4O11/c1-9-32(44)51-23-38(5,6)34(46)35(47)42-19-11-10-12-26(42)36(48)52-27(15-13-24-14-16-28(49-7)29(20-24)50-8)25-21-39-22-30(40-25)41-31(43)17-18-33(45)53-37(2,3)4/h9,14,16,20-22,26-27,35,47H,1,10-13,15,17-19,23H2,2-8H3,(H,40,41,43)/t26-,27+,35?/m0/s1. The van der Waals surface area contributed by atoms with E-state index in [1.807, 2.05) is 12.1 Å². The maximum absolute atomic E-state index is 14.0. The van der Waals surface area contributed by atoms with Crippen LogP contribution in [0.5, 0.6) is 11.5 Å². The minimum absolute atomic E-state index is 0.0866. The summed E-state index contributed by atoms with van der Waals surface area (Å²) in [6.45, 7) is 11.6. The first-order valence-electron chi connectivity index (χ1n) is 17.5. The van der Waals surface area contributed by atoms with Crippen LogP contribution in [-0.2, 0) is 44.6 Å². The Kier molecular flexibility index (Phi) is 15.5. The molecule has 3 rings (SSSR count). The molecule has 2 heterocycles. The second kappa shape index (κ2) is 19.3. The minimum atomic E-state index is -1.67. The van der Waals surface area contributed by atoms with E-state index >= 15 is 0 Å². The Bertz CT molecular complexity index is 1620. The monoisotopic (exact) mass is 740 g/mol. The van der Waals surface area contributed by atoms with Crippen LogP contribution in [0.2, 0.25) is 0 Å². The number of nitrogens with zero attached hydrogens (tertiary/aromatic N) is 3. The van der Waals surface area contributed by atoms with Crippen LogP contribution in [0.25, 0.3) is 0 Å². The molecule has 1 aliphatic rings. The Morgan fingerprint density at radius 2 is 1.75 bits per heavy atom. The number of carbonyl (C=O) groups is 5. The first kappa shape index (κ1) is 42.5. The number of carbonyl (C=O) groups excluding carboxylic acids is 5. The third kappa shape index (κ3) is 12.9. The van der Waals surface area contributed by atoms with Crippen molar-refractivity contribution in [3.63, 3.8) is 0 Å². The number of ketones is 1. The number of benzene rings is 1. The highest BCUT2D eigenvalue weighted by Crippen LogP contribution is 2.32. The summed E-state index contributed by atoms with van der Waals surface area (Å²) < 4.78 is 27.3. The van der Waals surface area contributed by atoms with Crippen LogP contribution in [-0.4, -0.2) is 94.8 Å². The molecule has 0 radical (unpaired) electrons. The predicted molar refractivity (Wildman–Crippen MR) is 193 cm³/mol. The van der Waals surface area contributed by atoms with Crippen LogP contribution in [0.3, 0.4) is 0 Å². The van der Waals surface area contributed by atoms with E-state index in [4.69, 9.17) is 23.7 Å². The predicted octanol–water partition coefficient (Wildman–Crippen LogP) is 4.27. The van der Waals surface area contributed by atoms with Gasteiger partial charge in [0.2, 0.25) is 5.91 Å². The summed E-state index contributed by atoms with van der Waals surface area (Å²) >= 11 is 0. The second-order valence-electron chi connectivity index (χ2n) is 14.3. The van der Waals surface area contributed by atoms with Crippen molar-refractivity contribution in [3.05, 3.63) is 54.5 Å². The number of ether oxygens (including phenoxy) is 5. The lowest BCUT2D eigenvalue weighted by Gasteiger charge is -2.39. The third-order valence-electron chi connectivity index (χ3n) is 8.40. The number of piperidine rings is 1. The molecule has 3 atom stereocenters. The molecule has 1 unspecified atom stereocenters. The highest BCUT2D eigenvalue weighted by molar-refractivity contribution is 5.92. The summed E-state index contributed by atoms with van der Waals surface area (Å²) in [6, 6.07) is 4.46. The van der Waals surface area contributed by atoms with Gasteiger partial charge in [0, 0.05) is 19.0 Å². The normalized spacial score (nSPS) is 16.0. The van der Waals surface area contributed by atoms with Crippen LogP contribution in [0, 0.1) is 5.41 Å². The lowest BCUT2D eigenvalue weighted by atomic mass is 9.86. The van der Waals surface area contributed by atoms with Gasteiger partial charge in [-0.1, -0.05) is 19.1 Å². The first-order chi connectivity index (χ1) is 25.0. The van der Waals surface area contributed by atoms with Crippen molar-refractivity contribution in [1.82, 2.24) is 14.9 Å². The van der Waals surface area contributed by atoms with Gasteiger partial charge in [0.05, 0.1) is 38.4 Å². The molecule has 2 N–H and O–H groups in total. The van der Waals surface area contributed by atoms with Crippen LogP contribution >= 0.6 is 0 Å². The number of amides is 1. The summed E-state index contributed by atoms with van der Waals surface area (Å²) in [5.41, 5.74) is -0.854.